The summed E-state index contributed by atoms with van der Waals surface area (Å²) in [7, 11) is 0. The highest BCUT2D eigenvalue weighted by atomic mass is 15.1. The van der Waals surface area contributed by atoms with Gasteiger partial charge in [-0.05, 0) is 120 Å². The van der Waals surface area contributed by atoms with Crippen LogP contribution >= 0.6 is 0 Å². The predicted octanol–water partition coefficient (Wildman–Crippen LogP) is 15.8. The molecular weight excluding hydrogens is 687 g/mol. The molecule has 0 saturated heterocycles. The van der Waals surface area contributed by atoms with E-state index in [4.69, 9.17) is 0 Å². The summed E-state index contributed by atoms with van der Waals surface area (Å²) in [6.07, 6.45) is 0. The van der Waals surface area contributed by atoms with Crippen LogP contribution in [0.25, 0.3) is 77.2 Å². The summed E-state index contributed by atoms with van der Waals surface area (Å²) in [6.45, 7) is 0. The smallest absolute Gasteiger partial charge is 0.0645 e. The minimum Gasteiger partial charge on any atom is -0.311 e. The highest BCUT2D eigenvalue weighted by Gasteiger charge is 2.16. The minimum atomic E-state index is -0.115. The second-order valence-corrected chi connectivity index (χ2v) is 14.2. The van der Waals surface area contributed by atoms with Crippen molar-refractivity contribution in [1.82, 2.24) is 0 Å². The first-order chi connectivity index (χ1) is 29.9. The molecule has 0 aliphatic carbocycles. The van der Waals surface area contributed by atoms with Crippen LogP contribution in [0.2, 0.25) is 0 Å². The molecule has 57 heavy (non-hydrogen) atoms. The molecule has 0 fully saturated rings. The maximum atomic E-state index is 9.45. The van der Waals surface area contributed by atoms with E-state index in [9.17, 15) is 5.48 Å². The number of fused-ring (bicyclic) bond motifs is 2. The number of anilines is 3. The number of benzene rings is 10. The molecule has 10 aromatic rings. The second kappa shape index (κ2) is 15.0. The molecule has 0 aliphatic heterocycles. The average molecular weight is 730 g/mol. The first-order valence-electron chi connectivity index (χ1n) is 21.3. The van der Waals surface area contributed by atoms with Gasteiger partial charge in [-0.1, -0.05) is 194 Å². The second-order valence-electron chi connectivity index (χ2n) is 14.2. The Morgan fingerprint density at radius 3 is 1.49 bits per heavy atom. The Kier molecular flexibility index (Phi) is 7.84. The molecule has 1 heteroatoms. The van der Waals surface area contributed by atoms with E-state index in [1.165, 1.54) is 16.3 Å². The first-order valence-corrected chi connectivity index (χ1v) is 19.3. The Morgan fingerprint density at radius 2 is 0.789 bits per heavy atom. The van der Waals surface area contributed by atoms with Crippen LogP contribution < -0.4 is 4.90 Å². The van der Waals surface area contributed by atoms with Crippen LogP contribution in [-0.4, -0.2) is 0 Å². The van der Waals surface area contributed by atoms with Crippen molar-refractivity contribution in [2.75, 3.05) is 4.90 Å². The SMILES string of the molecule is [2H]c1c([2H])c(N(c2ccc(-c3cccc(-c4cccc5ccccc45)c3)cc2)c2ccc(-c3c(-c4ccccc4)ccc4ccccc34)cc2)c([2H])c([2H])c1-c1ccccc1. The van der Waals surface area contributed by atoms with Crippen LogP contribution in [0.15, 0.2) is 236 Å². The Balaban J connectivity index is 1.11. The summed E-state index contributed by atoms with van der Waals surface area (Å²) in [4.78, 5) is 1.86. The van der Waals surface area contributed by atoms with Crippen LogP contribution in [0, 0.1) is 0 Å². The Hall–Kier alpha value is -7.48. The Bertz CT molecular complexity index is 3180. The molecule has 0 heterocycles. The molecule has 268 valence electrons. The zero-order valence-electron chi connectivity index (χ0n) is 35.2. The number of rotatable bonds is 8. The van der Waals surface area contributed by atoms with Crippen molar-refractivity contribution in [3.05, 3.63) is 236 Å². The Labute approximate surface area is 340 Å². The largest absolute Gasteiger partial charge is 0.311 e. The van der Waals surface area contributed by atoms with E-state index >= 15 is 0 Å². The van der Waals surface area contributed by atoms with E-state index in [-0.39, 0.29) is 35.4 Å². The van der Waals surface area contributed by atoms with Crippen molar-refractivity contribution < 1.29 is 5.48 Å². The highest BCUT2D eigenvalue weighted by molar-refractivity contribution is 6.04. The third-order valence-electron chi connectivity index (χ3n) is 10.7. The molecule has 0 N–H and O–H groups in total. The zero-order valence-corrected chi connectivity index (χ0v) is 31.2. The fraction of sp³-hybridized carbons (Fsp3) is 0. The number of hydrogen-bond acceptors (Lipinski definition) is 1. The van der Waals surface area contributed by atoms with Crippen LogP contribution in [0.5, 0.6) is 0 Å². The van der Waals surface area contributed by atoms with Gasteiger partial charge < -0.3 is 4.90 Å². The van der Waals surface area contributed by atoms with Gasteiger partial charge in [-0.3, -0.25) is 0 Å². The molecule has 0 unspecified atom stereocenters. The fourth-order valence-corrected chi connectivity index (χ4v) is 7.94. The van der Waals surface area contributed by atoms with E-state index in [2.05, 4.69) is 152 Å². The summed E-state index contributed by atoms with van der Waals surface area (Å²) in [5, 5.41) is 4.69. The predicted molar refractivity (Wildman–Crippen MR) is 243 cm³/mol. The van der Waals surface area contributed by atoms with E-state index in [1.807, 2.05) is 65.6 Å². The maximum Gasteiger partial charge on any atom is 0.0645 e. The summed E-state index contributed by atoms with van der Waals surface area (Å²) >= 11 is 0. The van der Waals surface area contributed by atoms with Gasteiger partial charge in [0.1, 0.15) is 0 Å². The van der Waals surface area contributed by atoms with Gasteiger partial charge in [-0.15, -0.1) is 0 Å². The van der Waals surface area contributed by atoms with E-state index in [0.717, 1.165) is 49.7 Å². The number of hydrogen-bond donors (Lipinski definition) is 0. The lowest BCUT2D eigenvalue weighted by atomic mass is 9.89. The van der Waals surface area contributed by atoms with Gasteiger partial charge >= 0.3 is 0 Å². The van der Waals surface area contributed by atoms with Gasteiger partial charge in [-0.25, -0.2) is 0 Å². The lowest BCUT2D eigenvalue weighted by Gasteiger charge is -2.26. The summed E-state index contributed by atoms with van der Waals surface area (Å²) in [6, 6.07) is 71.8. The molecule has 10 aromatic carbocycles. The van der Waals surface area contributed by atoms with Gasteiger partial charge in [0.15, 0.2) is 0 Å². The van der Waals surface area contributed by atoms with Gasteiger partial charge in [0.05, 0.1) is 5.48 Å². The first kappa shape index (κ1) is 29.8. The van der Waals surface area contributed by atoms with E-state index in [1.54, 1.807) is 0 Å². The van der Waals surface area contributed by atoms with Crippen LogP contribution in [0.3, 0.4) is 0 Å². The molecule has 0 aromatic heterocycles. The zero-order chi connectivity index (χ0) is 41.5. The van der Waals surface area contributed by atoms with Gasteiger partial charge in [0.2, 0.25) is 0 Å². The van der Waals surface area contributed by atoms with E-state index in [0.29, 0.717) is 16.9 Å². The van der Waals surface area contributed by atoms with Crippen molar-refractivity contribution in [2.45, 2.75) is 0 Å². The van der Waals surface area contributed by atoms with Crippen molar-refractivity contribution >= 4 is 38.6 Å². The third-order valence-corrected chi connectivity index (χ3v) is 10.7. The summed E-state index contributed by atoms with van der Waals surface area (Å²) in [5.41, 5.74) is 11.3. The minimum absolute atomic E-state index is 0.0889. The van der Waals surface area contributed by atoms with Crippen molar-refractivity contribution in [3.63, 3.8) is 0 Å². The van der Waals surface area contributed by atoms with Gasteiger partial charge in [0.25, 0.3) is 0 Å². The fourth-order valence-electron chi connectivity index (χ4n) is 7.94. The van der Waals surface area contributed by atoms with E-state index < -0.39 is 0 Å². The molecule has 10 rings (SSSR count). The topological polar surface area (TPSA) is 3.24 Å². The third kappa shape index (κ3) is 6.66. The highest BCUT2D eigenvalue weighted by Crippen LogP contribution is 2.42. The molecule has 0 atom stereocenters. The average Bonchev–Trinajstić information content (AvgIpc) is 3.32. The van der Waals surface area contributed by atoms with Crippen LogP contribution in [-0.2, 0) is 0 Å². The monoisotopic (exact) mass is 729 g/mol. The Morgan fingerprint density at radius 1 is 0.281 bits per heavy atom. The van der Waals surface area contributed by atoms with Crippen molar-refractivity contribution in [1.29, 1.82) is 0 Å². The number of nitrogens with zero attached hydrogens (tertiary/aromatic N) is 1. The van der Waals surface area contributed by atoms with Gasteiger partial charge in [-0.2, -0.15) is 0 Å². The van der Waals surface area contributed by atoms with Gasteiger partial charge in [0, 0.05) is 17.1 Å². The maximum absolute atomic E-state index is 9.45. The van der Waals surface area contributed by atoms with Crippen LogP contribution in [0.1, 0.15) is 5.48 Å². The van der Waals surface area contributed by atoms with Crippen molar-refractivity contribution in [3.8, 4) is 55.6 Å². The molecule has 0 saturated carbocycles. The molecule has 0 radical (unpaired) electrons. The van der Waals surface area contributed by atoms with Crippen molar-refractivity contribution in [2.24, 2.45) is 0 Å². The molecule has 0 bridgehead atoms. The molecular formula is C56H39N. The lowest BCUT2D eigenvalue weighted by molar-refractivity contribution is 1.28. The molecule has 0 spiro atoms. The molecule has 0 amide bonds. The molecule has 1 nitrogen and oxygen atoms in total. The lowest BCUT2D eigenvalue weighted by Crippen LogP contribution is -2.09. The standard InChI is InChI=1S/C56H39N/c1-3-13-40(14-4-1)41-25-32-49(33-26-41)57(50-34-27-42(28-35-50)47-20-11-21-48(39-47)53-24-12-19-43-17-7-9-22-52(43)53)51-36-29-46(30-37-51)56-54-23-10-8-18-45(54)31-38-55(56)44-15-5-2-6-16-44/h1-39H/i25D,26D,32D,33D. The summed E-state index contributed by atoms with van der Waals surface area (Å²) < 4.78 is 37.4. The molecule has 0 aliphatic rings. The normalized spacial score (nSPS) is 12.1. The quantitative estimate of drug-likeness (QED) is 0.151. The van der Waals surface area contributed by atoms with Crippen LogP contribution in [0.4, 0.5) is 17.1 Å². The summed E-state index contributed by atoms with van der Waals surface area (Å²) in [5.74, 6) is 0.